The zero-order valence-corrected chi connectivity index (χ0v) is 11.0. The van der Waals surface area contributed by atoms with E-state index in [4.69, 9.17) is 0 Å². The lowest BCUT2D eigenvalue weighted by Gasteiger charge is -2.28. The molecule has 17 heavy (non-hydrogen) atoms. The summed E-state index contributed by atoms with van der Waals surface area (Å²) in [7, 11) is 0. The van der Waals surface area contributed by atoms with E-state index in [9.17, 15) is 4.39 Å². The first-order valence-corrected chi connectivity index (χ1v) is 7.42. The van der Waals surface area contributed by atoms with E-state index in [0.29, 0.717) is 6.04 Å². The van der Waals surface area contributed by atoms with Crippen LogP contribution in [0.2, 0.25) is 0 Å². The molecule has 0 bridgehead atoms. The molecule has 1 aromatic rings. The first-order valence-electron chi connectivity index (χ1n) is 6.13. The number of hydrogen-bond donors (Lipinski definition) is 1. The molecule has 4 heteroatoms. The van der Waals surface area contributed by atoms with Crippen molar-refractivity contribution in [2.45, 2.75) is 43.5 Å². The molecule has 1 aliphatic rings. The summed E-state index contributed by atoms with van der Waals surface area (Å²) < 4.78 is 12.9. The largest absolute Gasteiger partial charge is 0.310 e. The quantitative estimate of drug-likeness (QED) is 0.894. The Morgan fingerprint density at radius 1 is 1.35 bits per heavy atom. The third-order valence-electron chi connectivity index (χ3n) is 3.36. The van der Waals surface area contributed by atoms with Gasteiger partial charge in [0.25, 0.3) is 0 Å². The third kappa shape index (κ3) is 3.96. The normalized spacial score (nSPS) is 24.8. The number of rotatable bonds is 4. The van der Waals surface area contributed by atoms with Crippen molar-refractivity contribution < 1.29 is 4.39 Å². The van der Waals surface area contributed by atoms with Crippen molar-refractivity contribution in [2.24, 2.45) is 0 Å². The third-order valence-corrected chi connectivity index (χ3v) is 4.50. The average Bonchev–Trinajstić information content (AvgIpc) is 2.37. The number of hydrogen-bond acceptors (Lipinski definition) is 3. The van der Waals surface area contributed by atoms with Crippen molar-refractivity contribution in [2.75, 3.05) is 6.26 Å². The van der Waals surface area contributed by atoms with Gasteiger partial charge in [-0.15, -0.1) is 0 Å². The second-order valence-corrected chi connectivity index (χ2v) is 5.74. The van der Waals surface area contributed by atoms with Crippen molar-refractivity contribution in [1.82, 2.24) is 10.3 Å². The standard InChI is InChI=1S/C13H19FN2S/c1-17-13-4-2-12(3-5-13)16-8-10-6-11(14)9-15-7-10/h6-7,9,12-13,16H,2-5,8H2,1H3. The Labute approximate surface area is 106 Å². The maximum Gasteiger partial charge on any atom is 0.141 e. The molecule has 1 aliphatic carbocycles. The fraction of sp³-hybridized carbons (Fsp3) is 0.615. The molecule has 0 aliphatic heterocycles. The summed E-state index contributed by atoms with van der Waals surface area (Å²) in [5, 5.41) is 4.33. The molecular formula is C13H19FN2S. The van der Waals surface area contributed by atoms with Gasteiger partial charge in [0.05, 0.1) is 6.20 Å². The summed E-state index contributed by atoms with van der Waals surface area (Å²) in [5.74, 6) is -0.254. The molecule has 0 amide bonds. The lowest BCUT2D eigenvalue weighted by Crippen LogP contribution is -2.33. The smallest absolute Gasteiger partial charge is 0.141 e. The van der Waals surface area contributed by atoms with Crippen molar-refractivity contribution >= 4 is 11.8 Å². The first kappa shape index (κ1) is 12.8. The van der Waals surface area contributed by atoms with Crippen LogP contribution in [0.1, 0.15) is 31.2 Å². The molecule has 2 nitrogen and oxygen atoms in total. The van der Waals surface area contributed by atoms with Crippen LogP contribution >= 0.6 is 11.8 Å². The molecule has 0 saturated heterocycles. The van der Waals surface area contributed by atoms with Crippen LogP contribution in [0.15, 0.2) is 18.5 Å². The number of nitrogens with one attached hydrogen (secondary N) is 1. The Morgan fingerprint density at radius 2 is 2.12 bits per heavy atom. The minimum absolute atomic E-state index is 0.254. The first-order chi connectivity index (χ1) is 8.28. The zero-order valence-electron chi connectivity index (χ0n) is 10.2. The van der Waals surface area contributed by atoms with E-state index in [-0.39, 0.29) is 5.82 Å². The second-order valence-electron chi connectivity index (χ2n) is 4.60. The maximum atomic E-state index is 12.9. The predicted octanol–water partition coefficient (Wildman–Crippen LogP) is 2.98. The summed E-state index contributed by atoms with van der Waals surface area (Å²) in [6.45, 7) is 0.722. The van der Waals surface area contributed by atoms with E-state index in [0.717, 1.165) is 17.4 Å². The highest BCUT2D eigenvalue weighted by Gasteiger charge is 2.19. The van der Waals surface area contributed by atoms with Gasteiger partial charge in [0.15, 0.2) is 0 Å². The van der Waals surface area contributed by atoms with Gasteiger partial charge < -0.3 is 5.32 Å². The highest BCUT2D eigenvalue weighted by atomic mass is 32.2. The van der Waals surface area contributed by atoms with Gasteiger partial charge >= 0.3 is 0 Å². The van der Waals surface area contributed by atoms with Crippen LogP contribution in [-0.4, -0.2) is 22.5 Å². The molecule has 0 atom stereocenters. The molecule has 0 radical (unpaired) electrons. The summed E-state index contributed by atoms with van der Waals surface area (Å²) in [4.78, 5) is 3.85. The van der Waals surface area contributed by atoms with E-state index in [2.05, 4.69) is 16.6 Å². The van der Waals surface area contributed by atoms with E-state index in [1.165, 1.54) is 31.9 Å². The topological polar surface area (TPSA) is 24.9 Å². The number of aromatic nitrogens is 1. The van der Waals surface area contributed by atoms with Crippen molar-refractivity contribution in [3.63, 3.8) is 0 Å². The van der Waals surface area contributed by atoms with Crippen LogP contribution in [0.5, 0.6) is 0 Å². The Morgan fingerprint density at radius 3 is 2.76 bits per heavy atom. The molecule has 1 N–H and O–H groups in total. The SMILES string of the molecule is CSC1CCC(NCc2cncc(F)c2)CC1. The number of halogens is 1. The van der Waals surface area contributed by atoms with E-state index < -0.39 is 0 Å². The van der Waals surface area contributed by atoms with Crippen molar-refractivity contribution in [3.05, 3.63) is 29.8 Å². The summed E-state index contributed by atoms with van der Waals surface area (Å²) in [6.07, 6.45) is 10.2. The second kappa shape index (κ2) is 6.36. The number of nitrogens with zero attached hydrogens (tertiary/aromatic N) is 1. The highest BCUT2D eigenvalue weighted by molar-refractivity contribution is 7.99. The van der Waals surface area contributed by atoms with E-state index in [1.807, 2.05) is 11.8 Å². The van der Waals surface area contributed by atoms with Gasteiger partial charge in [-0.3, -0.25) is 4.98 Å². The van der Waals surface area contributed by atoms with Gasteiger partial charge in [-0.2, -0.15) is 11.8 Å². The molecule has 0 unspecified atom stereocenters. The van der Waals surface area contributed by atoms with Crippen LogP contribution in [0.4, 0.5) is 4.39 Å². The fourth-order valence-electron chi connectivity index (χ4n) is 2.32. The van der Waals surface area contributed by atoms with E-state index >= 15 is 0 Å². The average molecular weight is 254 g/mol. The predicted molar refractivity (Wildman–Crippen MR) is 70.6 cm³/mol. The molecular weight excluding hydrogens is 235 g/mol. The molecule has 2 rings (SSSR count). The number of thioether (sulfide) groups is 1. The van der Waals surface area contributed by atoms with Crippen molar-refractivity contribution in [1.29, 1.82) is 0 Å². The molecule has 0 spiro atoms. The van der Waals surface area contributed by atoms with Gasteiger partial charge in [-0.1, -0.05) is 0 Å². The molecule has 1 heterocycles. The molecule has 1 saturated carbocycles. The minimum atomic E-state index is -0.254. The maximum absolute atomic E-state index is 12.9. The van der Waals surface area contributed by atoms with Crippen LogP contribution in [0, 0.1) is 5.82 Å². The number of pyridine rings is 1. The summed E-state index contributed by atoms with van der Waals surface area (Å²) in [6, 6.07) is 2.13. The van der Waals surface area contributed by atoms with Crippen molar-refractivity contribution in [3.8, 4) is 0 Å². The fourth-order valence-corrected chi connectivity index (χ4v) is 3.06. The lowest BCUT2D eigenvalue weighted by molar-refractivity contribution is 0.378. The zero-order chi connectivity index (χ0) is 12.1. The Bertz CT molecular complexity index is 351. The Hall–Kier alpha value is -0.610. The van der Waals surface area contributed by atoms with Gasteiger partial charge in [-0.25, -0.2) is 4.39 Å². The molecule has 0 aromatic carbocycles. The van der Waals surface area contributed by atoms with Crippen LogP contribution in [0.3, 0.4) is 0 Å². The minimum Gasteiger partial charge on any atom is -0.310 e. The molecule has 94 valence electrons. The van der Waals surface area contributed by atoms with Crippen LogP contribution in [0.25, 0.3) is 0 Å². The molecule has 1 fully saturated rings. The van der Waals surface area contributed by atoms with Gasteiger partial charge in [0.1, 0.15) is 5.82 Å². The summed E-state index contributed by atoms with van der Waals surface area (Å²) >= 11 is 1.98. The Kier molecular flexibility index (Phi) is 4.80. The highest BCUT2D eigenvalue weighted by Crippen LogP contribution is 2.26. The van der Waals surface area contributed by atoms with Crippen LogP contribution in [-0.2, 0) is 6.54 Å². The van der Waals surface area contributed by atoms with E-state index in [1.54, 1.807) is 12.3 Å². The summed E-state index contributed by atoms with van der Waals surface area (Å²) in [5.41, 5.74) is 0.928. The van der Waals surface area contributed by atoms with Gasteiger partial charge in [0.2, 0.25) is 0 Å². The molecule has 1 aromatic heterocycles. The van der Waals surface area contributed by atoms with Gasteiger partial charge in [-0.05, 0) is 43.6 Å². The monoisotopic (exact) mass is 254 g/mol. The van der Waals surface area contributed by atoms with Gasteiger partial charge in [0, 0.05) is 24.0 Å². The van der Waals surface area contributed by atoms with Crippen LogP contribution < -0.4 is 5.32 Å². The lowest BCUT2D eigenvalue weighted by atomic mass is 9.95. The Balaban J connectivity index is 1.76.